The lowest BCUT2D eigenvalue weighted by atomic mass is 10.00. The Bertz CT molecular complexity index is 314. The summed E-state index contributed by atoms with van der Waals surface area (Å²) in [4.78, 5) is 0. The molecule has 0 spiro atoms. The van der Waals surface area contributed by atoms with Gasteiger partial charge in [0.1, 0.15) is 24.4 Å². The fraction of sp³-hybridized carbons (Fsp3) is 0.455. The number of rotatable bonds is 2. The smallest absolute Gasteiger partial charge is 0.116 e. The minimum absolute atomic E-state index is 0.0652. The van der Waals surface area contributed by atoms with Crippen molar-refractivity contribution in [2.24, 2.45) is 0 Å². The van der Waals surface area contributed by atoms with Crippen LogP contribution in [0.5, 0.6) is 0 Å². The van der Waals surface area contributed by atoms with Gasteiger partial charge in [-0.05, 0) is 5.56 Å². The van der Waals surface area contributed by atoms with Crippen molar-refractivity contribution in [2.75, 3.05) is 6.61 Å². The van der Waals surface area contributed by atoms with Crippen LogP contribution < -0.4 is 0 Å². The molecule has 1 saturated heterocycles. The van der Waals surface area contributed by atoms with E-state index in [1.807, 2.05) is 6.07 Å². The number of benzene rings is 1. The summed E-state index contributed by atoms with van der Waals surface area (Å²) in [5.74, 6) is 0. The first kappa shape index (κ1) is 10.6. The molecule has 1 heterocycles. The van der Waals surface area contributed by atoms with Crippen LogP contribution >= 0.6 is 0 Å². The van der Waals surface area contributed by atoms with Crippen LogP contribution in [-0.2, 0) is 4.74 Å². The van der Waals surface area contributed by atoms with E-state index < -0.39 is 24.4 Å². The number of aliphatic hydroxyl groups excluding tert-OH is 3. The van der Waals surface area contributed by atoms with Gasteiger partial charge in [0.15, 0.2) is 0 Å². The summed E-state index contributed by atoms with van der Waals surface area (Å²) < 4.78 is 5.14. The lowest BCUT2D eigenvalue weighted by molar-refractivity contribution is -0.0520. The highest BCUT2D eigenvalue weighted by atomic mass is 16.5. The molecule has 0 amide bonds. The molecule has 4 heteroatoms. The third-order valence-corrected chi connectivity index (χ3v) is 2.64. The van der Waals surface area contributed by atoms with Crippen LogP contribution in [0.25, 0.3) is 0 Å². The van der Waals surface area contributed by atoms with Gasteiger partial charge >= 0.3 is 0 Å². The Kier molecular flexibility index (Phi) is 3.02. The second-order valence-electron chi connectivity index (χ2n) is 3.71. The maximum atomic E-state index is 9.91. The summed E-state index contributed by atoms with van der Waals surface area (Å²) in [6.45, 7) is 0.0652. The molecular formula is C11H14O4. The molecule has 0 aromatic heterocycles. The Labute approximate surface area is 87.7 Å². The molecule has 1 aliphatic heterocycles. The van der Waals surface area contributed by atoms with Crippen LogP contribution in [0.2, 0.25) is 0 Å². The van der Waals surface area contributed by atoms with E-state index in [9.17, 15) is 15.3 Å². The maximum absolute atomic E-state index is 9.91. The molecule has 0 aliphatic carbocycles. The van der Waals surface area contributed by atoms with Crippen LogP contribution in [0.4, 0.5) is 0 Å². The predicted molar refractivity (Wildman–Crippen MR) is 53.2 cm³/mol. The molecular weight excluding hydrogens is 196 g/mol. The molecule has 1 aromatic carbocycles. The Hall–Kier alpha value is -0.940. The number of hydrogen-bond acceptors (Lipinski definition) is 4. The van der Waals surface area contributed by atoms with Gasteiger partial charge in [-0.1, -0.05) is 30.3 Å². The quantitative estimate of drug-likeness (QED) is 0.634. The Morgan fingerprint density at radius 1 is 1.20 bits per heavy atom. The zero-order valence-corrected chi connectivity index (χ0v) is 8.15. The van der Waals surface area contributed by atoms with Gasteiger partial charge in [-0.3, -0.25) is 0 Å². The van der Waals surface area contributed by atoms with E-state index in [0.717, 1.165) is 0 Å². The van der Waals surface area contributed by atoms with E-state index in [1.54, 1.807) is 24.3 Å². The SMILES string of the molecule is OC1COC([C@H](O)c2ccccc2)C1O. The van der Waals surface area contributed by atoms with E-state index in [4.69, 9.17) is 4.74 Å². The number of hydrogen-bond donors (Lipinski definition) is 3. The molecule has 15 heavy (non-hydrogen) atoms. The normalized spacial score (nSPS) is 32.9. The molecule has 1 fully saturated rings. The van der Waals surface area contributed by atoms with E-state index in [0.29, 0.717) is 5.56 Å². The molecule has 3 N–H and O–H groups in total. The first-order chi connectivity index (χ1) is 7.20. The highest BCUT2D eigenvalue weighted by Crippen LogP contribution is 2.27. The maximum Gasteiger partial charge on any atom is 0.116 e. The number of aliphatic hydroxyl groups is 3. The zero-order chi connectivity index (χ0) is 10.8. The molecule has 2 rings (SSSR count). The Balaban J connectivity index is 2.12. The summed E-state index contributed by atoms with van der Waals surface area (Å²) in [5, 5.41) is 28.7. The van der Waals surface area contributed by atoms with Gasteiger partial charge in [0.2, 0.25) is 0 Å². The van der Waals surface area contributed by atoms with E-state index in [1.165, 1.54) is 0 Å². The van der Waals surface area contributed by atoms with Gasteiger partial charge in [-0.2, -0.15) is 0 Å². The molecule has 3 unspecified atom stereocenters. The van der Waals surface area contributed by atoms with Gasteiger partial charge < -0.3 is 20.1 Å². The highest BCUT2D eigenvalue weighted by Gasteiger charge is 2.39. The van der Waals surface area contributed by atoms with Crippen molar-refractivity contribution in [2.45, 2.75) is 24.4 Å². The largest absolute Gasteiger partial charge is 0.388 e. The molecule has 0 saturated carbocycles. The first-order valence-electron chi connectivity index (χ1n) is 4.91. The lowest BCUT2D eigenvalue weighted by Crippen LogP contribution is -2.34. The molecule has 1 aromatic rings. The van der Waals surface area contributed by atoms with Crippen molar-refractivity contribution < 1.29 is 20.1 Å². The zero-order valence-electron chi connectivity index (χ0n) is 8.15. The average molecular weight is 210 g/mol. The van der Waals surface area contributed by atoms with Crippen molar-refractivity contribution in [3.8, 4) is 0 Å². The molecule has 0 bridgehead atoms. The van der Waals surface area contributed by atoms with Crippen molar-refractivity contribution in [3.05, 3.63) is 35.9 Å². The van der Waals surface area contributed by atoms with Crippen LogP contribution in [0.15, 0.2) is 30.3 Å². The van der Waals surface area contributed by atoms with Gasteiger partial charge in [-0.25, -0.2) is 0 Å². The van der Waals surface area contributed by atoms with Crippen LogP contribution in [-0.4, -0.2) is 40.2 Å². The van der Waals surface area contributed by atoms with Gasteiger partial charge in [0, 0.05) is 0 Å². The summed E-state index contributed by atoms with van der Waals surface area (Å²) in [7, 11) is 0. The van der Waals surface area contributed by atoms with E-state index >= 15 is 0 Å². The van der Waals surface area contributed by atoms with Gasteiger partial charge in [0.25, 0.3) is 0 Å². The van der Waals surface area contributed by atoms with Crippen molar-refractivity contribution in [1.82, 2.24) is 0 Å². The second-order valence-corrected chi connectivity index (χ2v) is 3.71. The molecule has 0 radical (unpaired) electrons. The first-order valence-corrected chi connectivity index (χ1v) is 4.91. The minimum Gasteiger partial charge on any atom is -0.388 e. The standard InChI is InChI=1S/C11H14O4/c12-8-6-15-11(10(8)14)9(13)7-4-2-1-3-5-7/h1-5,8-14H,6H2/t8?,9-,10?,11?/m1/s1. The lowest BCUT2D eigenvalue weighted by Gasteiger charge is -2.21. The minimum atomic E-state index is -1.03. The third kappa shape index (κ3) is 2.03. The van der Waals surface area contributed by atoms with E-state index in [-0.39, 0.29) is 6.61 Å². The molecule has 4 nitrogen and oxygen atoms in total. The summed E-state index contributed by atoms with van der Waals surface area (Å²) in [6, 6.07) is 8.96. The van der Waals surface area contributed by atoms with Crippen molar-refractivity contribution >= 4 is 0 Å². The Morgan fingerprint density at radius 3 is 2.40 bits per heavy atom. The topological polar surface area (TPSA) is 69.9 Å². The van der Waals surface area contributed by atoms with Crippen LogP contribution in [0, 0.1) is 0 Å². The Morgan fingerprint density at radius 2 is 1.87 bits per heavy atom. The van der Waals surface area contributed by atoms with E-state index in [2.05, 4.69) is 0 Å². The summed E-state index contributed by atoms with van der Waals surface area (Å²) >= 11 is 0. The van der Waals surface area contributed by atoms with Crippen molar-refractivity contribution in [1.29, 1.82) is 0 Å². The molecule has 1 aliphatic rings. The average Bonchev–Trinajstić information content (AvgIpc) is 2.60. The third-order valence-electron chi connectivity index (χ3n) is 2.64. The fourth-order valence-electron chi connectivity index (χ4n) is 1.74. The summed E-state index contributed by atoms with van der Waals surface area (Å²) in [6.07, 6.45) is -3.59. The monoisotopic (exact) mass is 210 g/mol. The summed E-state index contributed by atoms with van der Waals surface area (Å²) in [5.41, 5.74) is 0.677. The highest BCUT2D eigenvalue weighted by molar-refractivity contribution is 5.19. The fourth-order valence-corrected chi connectivity index (χ4v) is 1.74. The van der Waals surface area contributed by atoms with Crippen LogP contribution in [0.1, 0.15) is 11.7 Å². The number of ether oxygens (including phenoxy) is 1. The van der Waals surface area contributed by atoms with Crippen LogP contribution in [0.3, 0.4) is 0 Å². The van der Waals surface area contributed by atoms with Gasteiger partial charge in [-0.15, -0.1) is 0 Å². The van der Waals surface area contributed by atoms with Gasteiger partial charge in [0.05, 0.1) is 6.61 Å². The second kappa shape index (κ2) is 4.28. The molecule has 4 atom stereocenters. The predicted octanol–water partition coefficient (Wildman–Crippen LogP) is -0.159. The molecule has 82 valence electrons. The van der Waals surface area contributed by atoms with Crippen molar-refractivity contribution in [3.63, 3.8) is 0 Å².